The largest absolute Gasteiger partial charge is 0.461 e. The van der Waals surface area contributed by atoms with Crippen LogP contribution >= 0.6 is 22.6 Å². The van der Waals surface area contributed by atoms with Crippen molar-refractivity contribution in [3.05, 3.63) is 9.26 Å². The Morgan fingerprint density at radius 3 is 2.76 bits per heavy atom. The van der Waals surface area contributed by atoms with Crippen LogP contribution in [-0.4, -0.2) is 35.6 Å². The van der Waals surface area contributed by atoms with E-state index >= 15 is 0 Å². The Labute approximate surface area is 114 Å². The molecule has 0 aromatic carbocycles. The highest BCUT2D eigenvalue weighted by atomic mass is 127. The molecule has 0 fully saturated rings. The first-order valence-corrected chi connectivity index (χ1v) is 6.46. The molecule has 7 heteroatoms. The van der Waals surface area contributed by atoms with Gasteiger partial charge in [0.05, 0.1) is 23.3 Å². The number of hydrogen-bond acceptors (Lipinski definition) is 5. The predicted octanol–water partition coefficient (Wildman–Crippen LogP) is 1.28. The zero-order valence-electron chi connectivity index (χ0n) is 9.90. The highest BCUT2D eigenvalue weighted by Crippen LogP contribution is 2.19. The van der Waals surface area contributed by atoms with E-state index in [0.29, 0.717) is 35.8 Å². The first kappa shape index (κ1) is 14.2. The van der Waals surface area contributed by atoms with Crippen LogP contribution in [0.15, 0.2) is 0 Å². The van der Waals surface area contributed by atoms with Crippen molar-refractivity contribution in [2.75, 3.05) is 25.6 Å². The van der Waals surface area contributed by atoms with Gasteiger partial charge >= 0.3 is 5.97 Å². The maximum atomic E-state index is 11.6. The van der Waals surface area contributed by atoms with Crippen LogP contribution in [0.25, 0.3) is 0 Å². The van der Waals surface area contributed by atoms with Crippen LogP contribution in [0.1, 0.15) is 24.3 Å². The molecule has 0 saturated heterocycles. The van der Waals surface area contributed by atoms with Gasteiger partial charge in [0.15, 0.2) is 5.69 Å². The van der Waals surface area contributed by atoms with Gasteiger partial charge < -0.3 is 15.2 Å². The highest BCUT2D eigenvalue weighted by Gasteiger charge is 2.20. The summed E-state index contributed by atoms with van der Waals surface area (Å²) in [4.78, 5) is 11.6. The minimum Gasteiger partial charge on any atom is -0.461 e. The third kappa shape index (κ3) is 3.56. The summed E-state index contributed by atoms with van der Waals surface area (Å²) in [6.45, 7) is 5.67. The van der Waals surface area contributed by atoms with E-state index < -0.39 is 5.97 Å². The number of ether oxygens (including phenoxy) is 2. The molecule has 0 unspecified atom stereocenters. The minimum absolute atomic E-state index is 0.265. The summed E-state index contributed by atoms with van der Waals surface area (Å²) in [5.41, 5.74) is 6.11. The second-order valence-corrected chi connectivity index (χ2v) is 4.27. The van der Waals surface area contributed by atoms with Crippen molar-refractivity contribution in [1.29, 1.82) is 0 Å². The number of aromatic nitrogens is 2. The third-order valence-corrected chi connectivity index (χ3v) is 3.12. The summed E-state index contributed by atoms with van der Waals surface area (Å²) in [6.07, 6.45) is 0. The molecule has 0 bridgehead atoms. The molecule has 0 amide bonds. The van der Waals surface area contributed by atoms with Gasteiger partial charge in [0.25, 0.3) is 0 Å². The second-order valence-electron chi connectivity index (χ2n) is 3.19. The van der Waals surface area contributed by atoms with Crippen molar-refractivity contribution in [3.63, 3.8) is 0 Å². The lowest BCUT2D eigenvalue weighted by atomic mass is 10.4. The zero-order valence-corrected chi connectivity index (χ0v) is 12.1. The molecule has 0 aliphatic heterocycles. The van der Waals surface area contributed by atoms with Gasteiger partial charge in [0.2, 0.25) is 0 Å². The van der Waals surface area contributed by atoms with Crippen molar-refractivity contribution < 1.29 is 14.3 Å². The molecular weight excluding hydrogens is 337 g/mol. The molecule has 0 saturated carbocycles. The Bertz CT molecular complexity index is 392. The summed E-state index contributed by atoms with van der Waals surface area (Å²) in [5.74, 6) is 0.0205. The Kier molecular flexibility index (Phi) is 5.69. The van der Waals surface area contributed by atoms with Gasteiger partial charge in [0.1, 0.15) is 5.82 Å². The Hall–Kier alpha value is -0.830. The number of nitrogens with two attached hydrogens (primary N) is 1. The minimum atomic E-state index is -0.446. The fourth-order valence-corrected chi connectivity index (χ4v) is 1.86. The molecule has 0 spiro atoms. The smallest absolute Gasteiger partial charge is 0.360 e. The third-order valence-electron chi connectivity index (χ3n) is 2.05. The van der Waals surface area contributed by atoms with E-state index in [-0.39, 0.29) is 5.69 Å². The Balaban J connectivity index is 2.80. The molecule has 0 aliphatic carbocycles. The van der Waals surface area contributed by atoms with Gasteiger partial charge in [-0.05, 0) is 36.4 Å². The number of carbonyl (C=O) groups is 1. The lowest BCUT2D eigenvalue weighted by molar-refractivity contribution is 0.0516. The topological polar surface area (TPSA) is 79.4 Å². The summed E-state index contributed by atoms with van der Waals surface area (Å²) >= 11 is 1.99. The van der Waals surface area contributed by atoms with Crippen molar-refractivity contribution in [2.24, 2.45) is 0 Å². The van der Waals surface area contributed by atoms with E-state index in [1.165, 1.54) is 0 Å². The van der Waals surface area contributed by atoms with Crippen LogP contribution in [-0.2, 0) is 16.0 Å². The molecule has 1 aromatic heterocycles. The average molecular weight is 353 g/mol. The second kappa shape index (κ2) is 6.80. The van der Waals surface area contributed by atoms with E-state index in [2.05, 4.69) is 5.10 Å². The van der Waals surface area contributed by atoms with Crippen molar-refractivity contribution in [2.45, 2.75) is 20.4 Å². The fourth-order valence-electron chi connectivity index (χ4n) is 1.25. The maximum absolute atomic E-state index is 11.6. The summed E-state index contributed by atoms with van der Waals surface area (Å²) in [7, 11) is 0. The molecule has 17 heavy (non-hydrogen) atoms. The van der Waals surface area contributed by atoms with Crippen LogP contribution in [0.4, 0.5) is 5.82 Å². The molecular formula is C10H16IN3O3. The SMILES string of the molecule is CCOCCn1nc(C(=O)OCC)c(I)c1N. The van der Waals surface area contributed by atoms with Gasteiger partial charge in [0, 0.05) is 6.61 Å². The van der Waals surface area contributed by atoms with E-state index in [9.17, 15) is 4.79 Å². The standard InChI is InChI=1S/C10H16IN3O3/c1-3-16-6-5-14-9(12)7(11)8(13-14)10(15)17-4-2/h3-6,12H2,1-2H3. The van der Waals surface area contributed by atoms with Crippen molar-refractivity contribution in [3.8, 4) is 0 Å². The molecule has 0 radical (unpaired) electrons. The molecule has 96 valence electrons. The van der Waals surface area contributed by atoms with Gasteiger partial charge in [-0.25, -0.2) is 9.48 Å². The molecule has 0 atom stereocenters. The fraction of sp³-hybridized carbons (Fsp3) is 0.600. The van der Waals surface area contributed by atoms with Crippen LogP contribution in [0.5, 0.6) is 0 Å². The van der Waals surface area contributed by atoms with E-state index in [4.69, 9.17) is 15.2 Å². The number of rotatable bonds is 6. The monoisotopic (exact) mass is 353 g/mol. The molecule has 2 N–H and O–H groups in total. The van der Waals surface area contributed by atoms with E-state index in [1.54, 1.807) is 11.6 Å². The Morgan fingerprint density at radius 2 is 2.18 bits per heavy atom. The number of esters is 1. The number of hydrogen-bond donors (Lipinski definition) is 1. The number of carbonyl (C=O) groups excluding carboxylic acids is 1. The summed E-state index contributed by atoms with van der Waals surface area (Å²) in [6, 6.07) is 0. The highest BCUT2D eigenvalue weighted by molar-refractivity contribution is 14.1. The van der Waals surface area contributed by atoms with Crippen molar-refractivity contribution >= 4 is 34.4 Å². The normalized spacial score (nSPS) is 10.5. The molecule has 1 heterocycles. The quantitative estimate of drug-likeness (QED) is 0.474. The van der Waals surface area contributed by atoms with E-state index in [0.717, 1.165) is 0 Å². The molecule has 1 aromatic rings. The maximum Gasteiger partial charge on any atom is 0.360 e. The summed E-state index contributed by atoms with van der Waals surface area (Å²) < 4.78 is 12.3. The Morgan fingerprint density at radius 1 is 1.47 bits per heavy atom. The number of halogens is 1. The van der Waals surface area contributed by atoms with Crippen molar-refractivity contribution in [1.82, 2.24) is 9.78 Å². The van der Waals surface area contributed by atoms with Crippen LogP contribution in [0.2, 0.25) is 0 Å². The number of nitrogen functional groups attached to an aromatic ring is 1. The predicted molar refractivity (Wildman–Crippen MR) is 71.8 cm³/mol. The van der Waals surface area contributed by atoms with Crippen LogP contribution in [0, 0.1) is 3.57 Å². The van der Waals surface area contributed by atoms with Crippen LogP contribution < -0.4 is 5.73 Å². The number of anilines is 1. The molecule has 0 aliphatic rings. The lowest BCUT2D eigenvalue weighted by Gasteiger charge is -2.03. The first-order chi connectivity index (χ1) is 8.11. The van der Waals surface area contributed by atoms with Gasteiger partial charge in [-0.1, -0.05) is 0 Å². The zero-order chi connectivity index (χ0) is 12.8. The van der Waals surface area contributed by atoms with Crippen LogP contribution in [0.3, 0.4) is 0 Å². The first-order valence-electron chi connectivity index (χ1n) is 5.38. The van der Waals surface area contributed by atoms with Gasteiger partial charge in [-0.15, -0.1) is 0 Å². The lowest BCUT2D eigenvalue weighted by Crippen LogP contribution is -2.11. The van der Waals surface area contributed by atoms with E-state index in [1.807, 2.05) is 29.5 Å². The van der Waals surface area contributed by atoms with Gasteiger partial charge in [-0.3, -0.25) is 0 Å². The average Bonchev–Trinajstić information content (AvgIpc) is 2.58. The summed E-state index contributed by atoms with van der Waals surface area (Å²) in [5, 5.41) is 4.13. The van der Waals surface area contributed by atoms with Gasteiger partial charge in [-0.2, -0.15) is 5.10 Å². The number of nitrogens with zero attached hydrogens (tertiary/aromatic N) is 2. The molecule has 6 nitrogen and oxygen atoms in total. The molecule has 1 rings (SSSR count).